The Kier molecular flexibility index (Phi) is 6.46. The van der Waals surface area contributed by atoms with Crippen molar-refractivity contribution in [3.05, 3.63) is 66.0 Å². The van der Waals surface area contributed by atoms with E-state index in [0.29, 0.717) is 0 Å². The average molecular weight is 379 g/mol. The van der Waals surface area contributed by atoms with Gasteiger partial charge in [0.25, 0.3) is 5.91 Å². The molecule has 8 heteroatoms. The van der Waals surface area contributed by atoms with Crippen molar-refractivity contribution < 1.29 is 27.1 Å². The molecule has 138 valence electrons. The molecule has 0 heterocycles. The van der Waals surface area contributed by atoms with Gasteiger partial charge in [-0.2, -0.15) is 0 Å². The van der Waals surface area contributed by atoms with E-state index in [4.69, 9.17) is 0 Å². The van der Waals surface area contributed by atoms with Gasteiger partial charge in [0.2, 0.25) is 0 Å². The Balaban J connectivity index is 2.12. The standard InChI is InChI=1S/C18H18FNO5S/c1-25-18(22)16(20-17(21)14-9-5-6-10-15(14)19)11-12-26(23,24)13-7-3-2-4-8-13/h2-10,16H,11-12H2,1H3,(H,20,21)/t16-/m1/s1. The number of nitrogens with one attached hydrogen (secondary N) is 1. The van der Waals surface area contributed by atoms with Gasteiger partial charge >= 0.3 is 5.97 Å². The SMILES string of the molecule is COC(=O)[C@@H](CCS(=O)(=O)c1ccccc1)NC(=O)c1ccccc1F. The first-order valence-electron chi connectivity index (χ1n) is 7.76. The number of hydrogen-bond donors (Lipinski definition) is 1. The van der Waals surface area contributed by atoms with Gasteiger partial charge in [-0.05, 0) is 30.7 Å². The lowest BCUT2D eigenvalue weighted by molar-refractivity contribution is -0.142. The lowest BCUT2D eigenvalue weighted by Crippen LogP contribution is -2.42. The Bertz CT molecular complexity index is 883. The lowest BCUT2D eigenvalue weighted by Gasteiger charge is -2.17. The molecule has 0 aliphatic carbocycles. The molecule has 0 bridgehead atoms. The Morgan fingerprint density at radius 1 is 1.08 bits per heavy atom. The Morgan fingerprint density at radius 3 is 2.31 bits per heavy atom. The summed E-state index contributed by atoms with van der Waals surface area (Å²) < 4.78 is 43.0. The molecule has 0 radical (unpaired) electrons. The van der Waals surface area contributed by atoms with Crippen molar-refractivity contribution in [1.29, 1.82) is 0 Å². The number of methoxy groups -OCH3 is 1. The van der Waals surface area contributed by atoms with Gasteiger partial charge in [0.1, 0.15) is 11.9 Å². The second-order valence-electron chi connectivity index (χ2n) is 5.45. The zero-order valence-electron chi connectivity index (χ0n) is 14.0. The third-order valence-corrected chi connectivity index (χ3v) is 5.45. The second kappa shape index (κ2) is 8.57. The molecule has 0 aliphatic rings. The molecule has 2 rings (SSSR count). The quantitative estimate of drug-likeness (QED) is 0.743. The summed E-state index contributed by atoms with van der Waals surface area (Å²) in [5, 5.41) is 2.33. The first kappa shape index (κ1) is 19.6. The third-order valence-electron chi connectivity index (χ3n) is 3.69. The molecule has 0 aromatic heterocycles. The van der Waals surface area contributed by atoms with Gasteiger partial charge < -0.3 is 10.1 Å². The maximum absolute atomic E-state index is 13.7. The summed E-state index contributed by atoms with van der Waals surface area (Å²) in [5.74, 6) is -2.76. The maximum Gasteiger partial charge on any atom is 0.328 e. The molecule has 2 aromatic carbocycles. The number of sulfone groups is 1. The molecule has 0 spiro atoms. The van der Waals surface area contributed by atoms with E-state index in [1.165, 1.54) is 30.3 Å². The molecule has 0 aliphatic heterocycles. The fourth-order valence-corrected chi connectivity index (χ4v) is 3.64. The average Bonchev–Trinajstić information content (AvgIpc) is 2.65. The molecule has 0 fully saturated rings. The predicted octanol–water partition coefficient (Wildman–Crippen LogP) is 1.96. The molecule has 0 saturated heterocycles. The number of esters is 1. The zero-order valence-corrected chi connectivity index (χ0v) is 14.8. The van der Waals surface area contributed by atoms with E-state index in [1.54, 1.807) is 18.2 Å². The van der Waals surface area contributed by atoms with E-state index in [-0.39, 0.29) is 22.6 Å². The number of carbonyl (C=O) groups is 2. The van der Waals surface area contributed by atoms with Gasteiger partial charge in [0, 0.05) is 0 Å². The number of benzene rings is 2. The summed E-state index contributed by atoms with van der Waals surface area (Å²) in [6.07, 6.45) is -0.204. The molecule has 2 aromatic rings. The van der Waals surface area contributed by atoms with Crippen LogP contribution >= 0.6 is 0 Å². The number of amides is 1. The minimum Gasteiger partial charge on any atom is -0.467 e. The van der Waals surface area contributed by atoms with Crippen LogP contribution in [-0.4, -0.2) is 39.2 Å². The molecule has 1 amide bonds. The van der Waals surface area contributed by atoms with Crippen LogP contribution in [0.5, 0.6) is 0 Å². The predicted molar refractivity (Wildman–Crippen MR) is 92.8 cm³/mol. The van der Waals surface area contributed by atoms with Crippen molar-refractivity contribution in [3.63, 3.8) is 0 Å². The number of hydrogen-bond acceptors (Lipinski definition) is 5. The van der Waals surface area contributed by atoms with E-state index in [0.717, 1.165) is 13.2 Å². The second-order valence-corrected chi connectivity index (χ2v) is 7.56. The van der Waals surface area contributed by atoms with Crippen molar-refractivity contribution >= 4 is 21.7 Å². The highest BCUT2D eigenvalue weighted by molar-refractivity contribution is 7.91. The summed E-state index contributed by atoms with van der Waals surface area (Å²) in [6, 6.07) is 11.8. The van der Waals surface area contributed by atoms with Crippen molar-refractivity contribution in [2.24, 2.45) is 0 Å². The van der Waals surface area contributed by atoms with Gasteiger partial charge in [0.05, 0.1) is 23.3 Å². The van der Waals surface area contributed by atoms with Gasteiger partial charge in [-0.3, -0.25) is 4.79 Å². The highest BCUT2D eigenvalue weighted by Crippen LogP contribution is 2.13. The lowest BCUT2D eigenvalue weighted by atomic mass is 10.1. The van der Waals surface area contributed by atoms with Crippen LogP contribution in [0.15, 0.2) is 59.5 Å². The van der Waals surface area contributed by atoms with E-state index in [9.17, 15) is 22.4 Å². The Labute approximate surface area is 150 Å². The molecule has 0 unspecified atom stereocenters. The normalized spacial score (nSPS) is 12.2. The van der Waals surface area contributed by atoms with E-state index >= 15 is 0 Å². The zero-order chi connectivity index (χ0) is 19.2. The molecule has 0 saturated carbocycles. The first-order valence-corrected chi connectivity index (χ1v) is 9.41. The van der Waals surface area contributed by atoms with Gasteiger partial charge in [-0.25, -0.2) is 17.6 Å². The molecule has 6 nitrogen and oxygen atoms in total. The Morgan fingerprint density at radius 2 is 1.69 bits per heavy atom. The molecule has 1 atom stereocenters. The fraction of sp³-hybridized carbons (Fsp3) is 0.222. The molecular formula is C18H18FNO5S. The minimum absolute atomic E-state index is 0.115. The summed E-state index contributed by atoms with van der Waals surface area (Å²) >= 11 is 0. The van der Waals surface area contributed by atoms with Crippen LogP contribution in [-0.2, 0) is 19.4 Å². The van der Waals surface area contributed by atoms with Crippen LogP contribution in [0.2, 0.25) is 0 Å². The highest BCUT2D eigenvalue weighted by atomic mass is 32.2. The highest BCUT2D eigenvalue weighted by Gasteiger charge is 2.26. The fourth-order valence-electron chi connectivity index (χ4n) is 2.29. The topological polar surface area (TPSA) is 89.5 Å². The van der Waals surface area contributed by atoms with Crippen molar-refractivity contribution in [2.75, 3.05) is 12.9 Å². The van der Waals surface area contributed by atoms with E-state index in [2.05, 4.69) is 10.1 Å². The Hall–Kier alpha value is -2.74. The monoisotopic (exact) mass is 379 g/mol. The van der Waals surface area contributed by atoms with Crippen LogP contribution in [0, 0.1) is 5.82 Å². The molecule has 26 heavy (non-hydrogen) atoms. The van der Waals surface area contributed by atoms with Gasteiger partial charge in [0.15, 0.2) is 9.84 Å². The summed E-state index contributed by atoms with van der Waals surface area (Å²) in [5.41, 5.74) is -0.243. The van der Waals surface area contributed by atoms with E-state index in [1.807, 2.05) is 0 Å². The molecular weight excluding hydrogens is 361 g/mol. The number of rotatable bonds is 7. The molecule has 1 N–H and O–H groups in total. The number of ether oxygens (including phenoxy) is 1. The smallest absolute Gasteiger partial charge is 0.328 e. The van der Waals surface area contributed by atoms with E-state index < -0.39 is 33.6 Å². The van der Waals surface area contributed by atoms with Crippen LogP contribution in [0.25, 0.3) is 0 Å². The summed E-state index contributed by atoms with van der Waals surface area (Å²) in [6.45, 7) is 0. The van der Waals surface area contributed by atoms with Crippen LogP contribution < -0.4 is 5.32 Å². The third kappa shape index (κ3) is 4.89. The van der Waals surface area contributed by atoms with Crippen molar-refractivity contribution in [2.45, 2.75) is 17.4 Å². The maximum atomic E-state index is 13.7. The van der Waals surface area contributed by atoms with Crippen molar-refractivity contribution in [3.8, 4) is 0 Å². The van der Waals surface area contributed by atoms with Crippen LogP contribution in [0.1, 0.15) is 16.8 Å². The van der Waals surface area contributed by atoms with Crippen LogP contribution in [0.3, 0.4) is 0 Å². The van der Waals surface area contributed by atoms with Crippen LogP contribution in [0.4, 0.5) is 4.39 Å². The number of carbonyl (C=O) groups excluding carboxylic acids is 2. The van der Waals surface area contributed by atoms with Crippen molar-refractivity contribution in [1.82, 2.24) is 5.32 Å². The van der Waals surface area contributed by atoms with Gasteiger partial charge in [-0.1, -0.05) is 30.3 Å². The minimum atomic E-state index is -3.64. The summed E-state index contributed by atoms with van der Waals surface area (Å²) in [4.78, 5) is 24.2. The summed E-state index contributed by atoms with van der Waals surface area (Å²) in [7, 11) is -2.52. The first-order chi connectivity index (χ1) is 12.3. The number of halogens is 1. The van der Waals surface area contributed by atoms with Gasteiger partial charge in [-0.15, -0.1) is 0 Å². The largest absolute Gasteiger partial charge is 0.467 e.